The van der Waals surface area contributed by atoms with Crippen molar-refractivity contribution in [3.8, 4) is 11.5 Å². The van der Waals surface area contributed by atoms with Gasteiger partial charge in [-0.15, -0.1) is 0 Å². The Kier molecular flexibility index (Phi) is 5.55. The summed E-state index contributed by atoms with van der Waals surface area (Å²) in [5.41, 5.74) is 3.35. The van der Waals surface area contributed by atoms with Crippen LogP contribution in [0.5, 0.6) is 11.5 Å². The van der Waals surface area contributed by atoms with Crippen LogP contribution in [-0.4, -0.2) is 27.7 Å². The lowest BCUT2D eigenvalue weighted by atomic mass is 10.1. The molecule has 0 aliphatic heterocycles. The molecule has 0 atom stereocenters. The number of phenols is 2. The van der Waals surface area contributed by atoms with Crippen LogP contribution < -0.4 is 10.7 Å². The van der Waals surface area contributed by atoms with Crippen LogP contribution in [0.3, 0.4) is 0 Å². The number of carbonyl (C=O) groups is 2. The Morgan fingerprint density at radius 2 is 1.75 bits per heavy atom. The molecule has 3 rings (SSSR count). The minimum atomic E-state index is -0.647. The van der Waals surface area contributed by atoms with Gasteiger partial charge in [0.1, 0.15) is 11.5 Å². The minimum absolute atomic E-state index is 0.00887. The molecule has 0 heterocycles. The topological polar surface area (TPSA) is 111 Å². The predicted octanol–water partition coefficient (Wildman–Crippen LogP) is 3.39. The average molecular weight is 377 g/mol. The second kappa shape index (κ2) is 8.22. The fourth-order valence-electron chi connectivity index (χ4n) is 2.72. The van der Waals surface area contributed by atoms with Gasteiger partial charge in [-0.25, -0.2) is 5.43 Å². The van der Waals surface area contributed by atoms with Gasteiger partial charge in [-0.3, -0.25) is 9.59 Å². The molecule has 2 amide bonds. The molecule has 0 aliphatic carbocycles. The highest BCUT2D eigenvalue weighted by molar-refractivity contribution is 6.09. The molecule has 0 saturated carbocycles. The first-order chi connectivity index (χ1) is 13.4. The van der Waals surface area contributed by atoms with Gasteiger partial charge < -0.3 is 15.5 Å². The predicted molar refractivity (Wildman–Crippen MR) is 108 cm³/mol. The summed E-state index contributed by atoms with van der Waals surface area (Å²) in [6, 6.07) is 17.0. The molecule has 4 N–H and O–H groups in total. The summed E-state index contributed by atoms with van der Waals surface area (Å²) >= 11 is 0. The van der Waals surface area contributed by atoms with Gasteiger partial charge in [-0.05, 0) is 30.5 Å². The standard InChI is InChI=1S/C21H19N3O4/c1-13(23-24-21(28)17-10-9-15(25)12-19(17)26)11-20(27)22-18-8-4-6-14-5-2-3-7-16(14)18/h2-10,12,25-26H,11H2,1H3,(H,22,27)(H,24,28)/b23-13-. The molecule has 142 valence electrons. The highest BCUT2D eigenvalue weighted by Gasteiger charge is 2.12. The van der Waals surface area contributed by atoms with Crippen LogP contribution in [0.15, 0.2) is 65.8 Å². The van der Waals surface area contributed by atoms with Gasteiger partial charge in [-0.2, -0.15) is 5.10 Å². The highest BCUT2D eigenvalue weighted by atomic mass is 16.3. The molecule has 0 aliphatic rings. The first kappa shape index (κ1) is 18.9. The molecular weight excluding hydrogens is 358 g/mol. The molecule has 7 heteroatoms. The van der Waals surface area contributed by atoms with Crippen LogP contribution in [-0.2, 0) is 4.79 Å². The van der Waals surface area contributed by atoms with Crippen molar-refractivity contribution in [2.75, 3.05) is 5.32 Å². The van der Waals surface area contributed by atoms with Crippen molar-refractivity contribution in [1.29, 1.82) is 0 Å². The van der Waals surface area contributed by atoms with E-state index in [2.05, 4.69) is 15.8 Å². The third kappa shape index (κ3) is 4.45. The number of benzene rings is 3. The number of phenolic OH excluding ortho intramolecular Hbond substituents is 2. The lowest BCUT2D eigenvalue weighted by Gasteiger charge is -2.09. The van der Waals surface area contributed by atoms with Gasteiger partial charge in [-0.1, -0.05) is 36.4 Å². The Morgan fingerprint density at radius 1 is 1.00 bits per heavy atom. The zero-order valence-electron chi connectivity index (χ0n) is 15.1. The summed E-state index contributed by atoms with van der Waals surface area (Å²) < 4.78 is 0. The maximum absolute atomic E-state index is 12.3. The van der Waals surface area contributed by atoms with Crippen LogP contribution in [0.2, 0.25) is 0 Å². The number of hydrogen-bond donors (Lipinski definition) is 4. The fraction of sp³-hybridized carbons (Fsp3) is 0.0952. The summed E-state index contributed by atoms with van der Waals surface area (Å²) in [5.74, 6) is -1.43. The SMILES string of the molecule is C/C(CC(=O)Nc1cccc2ccccc12)=N/NC(=O)c1ccc(O)cc1O. The summed E-state index contributed by atoms with van der Waals surface area (Å²) in [5, 5.41) is 27.6. The Bertz CT molecular complexity index is 1070. The average Bonchev–Trinajstić information content (AvgIpc) is 2.66. The number of amides is 2. The third-order valence-electron chi connectivity index (χ3n) is 4.05. The van der Waals surface area contributed by atoms with E-state index in [9.17, 15) is 19.8 Å². The summed E-state index contributed by atoms with van der Waals surface area (Å²) in [7, 11) is 0. The zero-order valence-corrected chi connectivity index (χ0v) is 15.1. The zero-order chi connectivity index (χ0) is 20.1. The molecule has 0 saturated heterocycles. The van der Waals surface area contributed by atoms with E-state index in [1.807, 2.05) is 42.5 Å². The summed E-state index contributed by atoms with van der Waals surface area (Å²) in [4.78, 5) is 24.3. The second-order valence-corrected chi connectivity index (χ2v) is 6.24. The number of carbonyl (C=O) groups excluding carboxylic acids is 2. The van der Waals surface area contributed by atoms with Crippen molar-refractivity contribution in [1.82, 2.24) is 5.43 Å². The number of nitrogens with one attached hydrogen (secondary N) is 2. The van der Waals surface area contributed by atoms with Gasteiger partial charge in [0.15, 0.2) is 0 Å². The number of hydrogen-bond acceptors (Lipinski definition) is 5. The van der Waals surface area contributed by atoms with Crippen molar-refractivity contribution in [2.24, 2.45) is 5.10 Å². The second-order valence-electron chi connectivity index (χ2n) is 6.24. The lowest BCUT2D eigenvalue weighted by molar-refractivity contribution is -0.115. The van der Waals surface area contributed by atoms with E-state index in [4.69, 9.17) is 0 Å². The molecular formula is C21H19N3O4. The van der Waals surface area contributed by atoms with Crippen LogP contribution in [0.1, 0.15) is 23.7 Å². The highest BCUT2D eigenvalue weighted by Crippen LogP contribution is 2.23. The number of fused-ring (bicyclic) bond motifs is 1. The van der Waals surface area contributed by atoms with Gasteiger partial charge in [0.05, 0.1) is 12.0 Å². The fourth-order valence-corrected chi connectivity index (χ4v) is 2.72. The Hall–Kier alpha value is -3.87. The first-order valence-corrected chi connectivity index (χ1v) is 8.57. The summed E-state index contributed by atoms with van der Waals surface area (Å²) in [6.45, 7) is 1.61. The molecule has 0 fully saturated rings. The number of hydrazone groups is 1. The molecule has 3 aromatic carbocycles. The maximum atomic E-state index is 12.3. The maximum Gasteiger partial charge on any atom is 0.275 e. The largest absolute Gasteiger partial charge is 0.508 e. The van der Waals surface area contributed by atoms with Gasteiger partial charge in [0, 0.05) is 22.9 Å². The first-order valence-electron chi connectivity index (χ1n) is 8.57. The van der Waals surface area contributed by atoms with Crippen LogP contribution >= 0.6 is 0 Å². The molecule has 0 spiro atoms. The molecule has 0 unspecified atom stereocenters. The minimum Gasteiger partial charge on any atom is -0.508 e. The number of anilines is 1. The Morgan fingerprint density at radius 3 is 2.54 bits per heavy atom. The smallest absolute Gasteiger partial charge is 0.275 e. The van der Waals surface area contributed by atoms with Crippen molar-refractivity contribution < 1.29 is 19.8 Å². The van der Waals surface area contributed by atoms with Gasteiger partial charge in [0.25, 0.3) is 5.91 Å². The Balaban J connectivity index is 1.62. The van der Waals surface area contributed by atoms with Crippen LogP contribution in [0.4, 0.5) is 5.69 Å². The molecule has 7 nitrogen and oxygen atoms in total. The molecule has 28 heavy (non-hydrogen) atoms. The van der Waals surface area contributed by atoms with Crippen molar-refractivity contribution in [2.45, 2.75) is 13.3 Å². The normalized spacial score (nSPS) is 11.2. The lowest BCUT2D eigenvalue weighted by Crippen LogP contribution is -2.21. The van der Waals surface area contributed by atoms with Gasteiger partial charge >= 0.3 is 0 Å². The van der Waals surface area contributed by atoms with E-state index in [0.29, 0.717) is 11.4 Å². The number of nitrogens with zero attached hydrogens (tertiary/aromatic N) is 1. The molecule has 0 radical (unpaired) electrons. The molecule has 3 aromatic rings. The Labute approximate surface area is 161 Å². The van der Waals surface area contributed by atoms with Crippen molar-refractivity contribution in [3.05, 3.63) is 66.2 Å². The van der Waals surface area contributed by atoms with Crippen molar-refractivity contribution >= 4 is 34.0 Å². The third-order valence-corrected chi connectivity index (χ3v) is 4.05. The number of aromatic hydroxyl groups is 2. The van der Waals surface area contributed by atoms with E-state index in [1.165, 1.54) is 12.1 Å². The molecule has 0 aromatic heterocycles. The van der Waals surface area contributed by atoms with E-state index in [-0.39, 0.29) is 29.4 Å². The van der Waals surface area contributed by atoms with Crippen molar-refractivity contribution in [3.63, 3.8) is 0 Å². The number of rotatable bonds is 5. The van der Waals surface area contributed by atoms with E-state index in [0.717, 1.165) is 16.8 Å². The van der Waals surface area contributed by atoms with Crippen LogP contribution in [0, 0.1) is 0 Å². The van der Waals surface area contributed by atoms with Gasteiger partial charge in [0.2, 0.25) is 5.91 Å². The van der Waals surface area contributed by atoms with E-state index >= 15 is 0 Å². The van der Waals surface area contributed by atoms with Crippen LogP contribution in [0.25, 0.3) is 10.8 Å². The van der Waals surface area contributed by atoms with E-state index in [1.54, 1.807) is 6.92 Å². The quantitative estimate of drug-likeness (QED) is 0.403. The summed E-state index contributed by atoms with van der Waals surface area (Å²) in [6.07, 6.45) is -0.00887. The molecule has 0 bridgehead atoms. The van der Waals surface area contributed by atoms with E-state index < -0.39 is 5.91 Å². The monoisotopic (exact) mass is 377 g/mol.